The van der Waals surface area contributed by atoms with Gasteiger partial charge >= 0.3 is 0 Å². The summed E-state index contributed by atoms with van der Waals surface area (Å²) in [6.45, 7) is 5.83. The van der Waals surface area contributed by atoms with Crippen molar-refractivity contribution in [3.63, 3.8) is 0 Å². The Morgan fingerprint density at radius 2 is 2.15 bits per heavy atom. The van der Waals surface area contributed by atoms with Gasteiger partial charge in [0, 0.05) is 18.0 Å². The number of hydrogen-bond donors (Lipinski definition) is 2. The van der Waals surface area contributed by atoms with Gasteiger partial charge in [-0.25, -0.2) is 9.97 Å². The van der Waals surface area contributed by atoms with Gasteiger partial charge in [0.2, 0.25) is 5.91 Å². The predicted octanol–water partition coefficient (Wildman–Crippen LogP) is 2.54. The molecular formula is C14H18N4OS. The van der Waals surface area contributed by atoms with Gasteiger partial charge < -0.3 is 10.3 Å². The highest BCUT2D eigenvalue weighted by molar-refractivity contribution is 7.16. The number of hydrogen-bond acceptors (Lipinski definition) is 4. The van der Waals surface area contributed by atoms with E-state index in [1.807, 2.05) is 20.8 Å². The summed E-state index contributed by atoms with van der Waals surface area (Å²) in [7, 11) is 0. The third-order valence-electron chi connectivity index (χ3n) is 3.67. The molecule has 20 heavy (non-hydrogen) atoms. The van der Waals surface area contributed by atoms with E-state index >= 15 is 0 Å². The first-order valence-corrected chi connectivity index (χ1v) is 7.64. The van der Waals surface area contributed by atoms with Crippen LogP contribution >= 0.6 is 11.3 Å². The second-order valence-corrected chi connectivity index (χ2v) is 6.53. The van der Waals surface area contributed by atoms with Gasteiger partial charge in [0.25, 0.3) is 0 Å². The lowest BCUT2D eigenvalue weighted by Crippen LogP contribution is -2.28. The molecule has 2 N–H and O–H groups in total. The highest BCUT2D eigenvalue weighted by Gasteiger charge is 2.27. The summed E-state index contributed by atoms with van der Waals surface area (Å²) in [5, 5.41) is 4.87. The Balaban J connectivity index is 1.71. The Morgan fingerprint density at radius 1 is 1.35 bits per heavy atom. The maximum absolute atomic E-state index is 12.4. The molecular weight excluding hydrogens is 272 g/mol. The van der Waals surface area contributed by atoms with Crippen LogP contribution in [0.5, 0.6) is 0 Å². The van der Waals surface area contributed by atoms with Crippen molar-refractivity contribution in [3.05, 3.63) is 27.9 Å². The Kier molecular flexibility index (Phi) is 3.33. The van der Waals surface area contributed by atoms with Crippen LogP contribution in [0, 0.1) is 26.7 Å². The topological polar surface area (TPSA) is 70.7 Å². The summed E-state index contributed by atoms with van der Waals surface area (Å²) in [6, 6.07) is 0. The molecule has 2 aromatic rings. The SMILES string of the molecule is Cc1nc2c([nH]1)CC(C(=O)Nc1sc(C)nc1C)CC2. The molecule has 0 saturated carbocycles. The van der Waals surface area contributed by atoms with E-state index in [1.54, 1.807) is 0 Å². The van der Waals surface area contributed by atoms with Crippen LogP contribution in [0.25, 0.3) is 0 Å². The van der Waals surface area contributed by atoms with Crippen LogP contribution in [0.3, 0.4) is 0 Å². The molecule has 3 rings (SSSR count). The maximum Gasteiger partial charge on any atom is 0.228 e. The van der Waals surface area contributed by atoms with Crippen LogP contribution in [0.1, 0.15) is 34.3 Å². The van der Waals surface area contributed by atoms with Crippen LogP contribution < -0.4 is 5.32 Å². The summed E-state index contributed by atoms with van der Waals surface area (Å²) in [4.78, 5) is 24.4. The van der Waals surface area contributed by atoms with E-state index in [4.69, 9.17) is 0 Å². The van der Waals surface area contributed by atoms with E-state index in [2.05, 4.69) is 20.3 Å². The van der Waals surface area contributed by atoms with Gasteiger partial charge in [-0.15, -0.1) is 11.3 Å². The molecule has 106 valence electrons. The number of imidazole rings is 1. The fourth-order valence-corrected chi connectivity index (χ4v) is 3.53. The minimum Gasteiger partial charge on any atom is -0.346 e. The maximum atomic E-state index is 12.4. The molecule has 0 aliphatic heterocycles. The monoisotopic (exact) mass is 290 g/mol. The third kappa shape index (κ3) is 2.47. The van der Waals surface area contributed by atoms with Crippen molar-refractivity contribution in [2.45, 2.75) is 40.0 Å². The number of fused-ring (bicyclic) bond motifs is 1. The van der Waals surface area contributed by atoms with Crippen LogP contribution in [-0.4, -0.2) is 20.9 Å². The van der Waals surface area contributed by atoms with E-state index in [9.17, 15) is 4.79 Å². The Bertz CT molecular complexity index is 658. The number of anilines is 1. The second-order valence-electron chi connectivity index (χ2n) is 5.32. The number of nitrogens with one attached hydrogen (secondary N) is 2. The standard InChI is InChI=1S/C14H18N4OS/c1-7-14(20-9(3)15-7)18-13(19)10-4-5-11-12(6-10)17-8(2)16-11/h10H,4-6H2,1-3H3,(H,16,17)(H,18,19). The molecule has 6 heteroatoms. The van der Waals surface area contributed by atoms with Gasteiger partial charge in [-0.3, -0.25) is 4.79 Å². The van der Waals surface area contributed by atoms with Crippen molar-refractivity contribution in [2.75, 3.05) is 5.32 Å². The lowest BCUT2D eigenvalue weighted by molar-refractivity contribution is -0.120. The number of carbonyl (C=O) groups is 1. The second kappa shape index (κ2) is 5.01. The van der Waals surface area contributed by atoms with Gasteiger partial charge in [-0.05, 0) is 33.6 Å². The molecule has 5 nitrogen and oxygen atoms in total. The van der Waals surface area contributed by atoms with E-state index in [-0.39, 0.29) is 11.8 Å². The zero-order valence-electron chi connectivity index (χ0n) is 11.9. The quantitative estimate of drug-likeness (QED) is 0.893. The number of aromatic amines is 1. The minimum atomic E-state index is 0.0177. The number of rotatable bonds is 2. The average Bonchev–Trinajstić information content (AvgIpc) is 2.90. The van der Waals surface area contributed by atoms with Crippen molar-refractivity contribution in [1.29, 1.82) is 0 Å². The van der Waals surface area contributed by atoms with Crippen molar-refractivity contribution < 1.29 is 4.79 Å². The smallest absolute Gasteiger partial charge is 0.228 e. The van der Waals surface area contributed by atoms with E-state index in [1.165, 1.54) is 11.3 Å². The van der Waals surface area contributed by atoms with Crippen LogP contribution in [0.2, 0.25) is 0 Å². The van der Waals surface area contributed by atoms with Crippen LogP contribution in [0.15, 0.2) is 0 Å². The van der Waals surface area contributed by atoms with Gasteiger partial charge in [-0.2, -0.15) is 0 Å². The molecule has 2 aromatic heterocycles. The molecule has 1 atom stereocenters. The molecule has 1 amide bonds. The van der Waals surface area contributed by atoms with Crippen LogP contribution in [0.4, 0.5) is 5.00 Å². The molecule has 0 saturated heterocycles. The van der Waals surface area contributed by atoms with E-state index < -0.39 is 0 Å². The summed E-state index contributed by atoms with van der Waals surface area (Å²) in [5.74, 6) is 1.05. The lowest BCUT2D eigenvalue weighted by Gasteiger charge is -2.20. The number of thiazole rings is 1. The average molecular weight is 290 g/mol. The Labute approximate surface area is 121 Å². The summed E-state index contributed by atoms with van der Waals surface area (Å²) < 4.78 is 0. The minimum absolute atomic E-state index is 0.0177. The molecule has 2 heterocycles. The zero-order valence-corrected chi connectivity index (χ0v) is 12.7. The largest absolute Gasteiger partial charge is 0.346 e. The first kappa shape index (κ1) is 13.3. The molecule has 1 unspecified atom stereocenters. The first-order chi connectivity index (χ1) is 9.52. The highest BCUT2D eigenvalue weighted by atomic mass is 32.1. The fraction of sp³-hybridized carbons (Fsp3) is 0.500. The van der Waals surface area contributed by atoms with E-state index in [0.717, 1.165) is 52.2 Å². The number of aryl methyl sites for hydroxylation is 4. The van der Waals surface area contributed by atoms with Crippen molar-refractivity contribution in [3.8, 4) is 0 Å². The number of amides is 1. The zero-order chi connectivity index (χ0) is 14.3. The van der Waals surface area contributed by atoms with Crippen molar-refractivity contribution in [2.24, 2.45) is 5.92 Å². The summed E-state index contributed by atoms with van der Waals surface area (Å²) in [6.07, 6.45) is 2.48. The molecule has 0 spiro atoms. The van der Waals surface area contributed by atoms with Crippen molar-refractivity contribution in [1.82, 2.24) is 15.0 Å². The molecule has 0 fully saturated rings. The van der Waals surface area contributed by atoms with Crippen LogP contribution in [-0.2, 0) is 17.6 Å². The molecule has 0 bridgehead atoms. The van der Waals surface area contributed by atoms with Crippen molar-refractivity contribution >= 4 is 22.2 Å². The highest BCUT2D eigenvalue weighted by Crippen LogP contribution is 2.27. The van der Waals surface area contributed by atoms with Gasteiger partial charge in [0.15, 0.2) is 0 Å². The van der Waals surface area contributed by atoms with Gasteiger partial charge in [0.05, 0.1) is 16.4 Å². The van der Waals surface area contributed by atoms with Gasteiger partial charge in [-0.1, -0.05) is 0 Å². The number of nitrogens with zero attached hydrogens (tertiary/aromatic N) is 2. The first-order valence-electron chi connectivity index (χ1n) is 6.82. The normalized spacial score (nSPS) is 17.9. The van der Waals surface area contributed by atoms with E-state index in [0.29, 0.717) is 0 Å². The third-order valence-corrected chi connectivity index (χ3v) is 4.66. The Hall–Kier alpha value is -1.69. The summed E-state index contributed by atoms with van der Waals surface area (Å²) in [5.41, 5.74) is 3.14. The molecule has 0 radical (unpaired) electrons. The van der Waals surface area contributed by atoms with Gasteiger partial charge in [0.1, 0.15) is 10.8 Å². The number of carbonyl (C=O) groups excluding carboxylic acids is 1. The molecule has 1 aliphatic carbocycles. The number of H-pyrrole nitrogens is 1. The number of aromatic nitrogens is 3. The Morgan fingerprint density at radius 3 is 2.85 bits per heavy atom. The molecule has 1 aliphatic rings. The fourth-order valence-electron chi connectivity index (χ4n) is 2.71. The lowest BCUT2D eigenvalue weighted by atomic mass is 9.89. The molecule has 0 aromatic carbocycles. The summed E-state index contributed by atoms with van der Waals surface area (Å²) >= 11 is 1.53. The predicted molar refractivity (Wildman–Crippen MR) is 79.1 cm³/mol.